The number of likely N-dealkylation sites (tertiary alicyclic amines) is 1. The third-order valence-corrected chi connectivity index (χ3v) is 4.87. The van der Waals surface area contributed by atoms with Crippen LogP contribution >= 0.6 is 24.0 Å². The standard InChI is InChI=1S/C21H28N4.HI/c1-3-23-21(24-13-10-18-9-12-22-15-17(18)2)25-14-11-20(16-25)19-7-5-4-6-8-19;/h4-9,12,15,20H,3,10-11,13-14,16H2,1-2H3,(H,23,24);1H. The van der Waals surface area contributed by atoms with Gasteiger partial charge in [0, 0.05) is 44.5 Å². The van der Waals surface area contributed by atoms with E-state index in [0.717, 1.165) is 38.6 Å². The molecule has 2 heterocycles. The average Bonchev–Trinajstić information content (AvgIpc) is 3.13. The number of aryl methyl sites for hydroxylation is 1. The molecule has 0 saturated carbocycles. The number of benzene rings is 1. The van der Waals surface area contributed by atoms with Gasteiger partial charge in [-0.2, -0.15) is 0 Å². The molecule has 3 rings (SSSR count). The number of nitrogens with one attached hydrogen (secondary N) is 1. The first kappa shape index (κ1) is 20.7. The molecule has 1 aliphatic rings. The molecule has 2 aromatic rings. The van der Waals surface area contributed by atoms with E-state index in [0.29, 0.717) is 5.92 Å². The van der Waals surface area contributed by atoms with Crippen LogP contribution in [0.4, 0.5) is 0 Å². The summed E-state index contributed by atoms with van der Waals surface area (Å²) in [6.45, 7) is 8.07. The summed E-state index contributed by atoms with van der Waals surface area (Å²) in [5, 5.41) is 3.46. The molecule has 1 fully saturated rings. The molecule has 1 atom stereocenters. The van der Waals surface area contributed by atoms with Gasteiger partial charge in [0.25, 0.3) is 0 Å². The Kier molecular flexibility index (Phi) is 8.35. The Hall–Kier alpha value is -1.63. The summed E-state index contributed by atoms with van der Waals surface area (Å²) in [7, 11) is 0. The van der Waals surface area contributed by atoms with Crippen LogP contribution in [0.1, 0.15) is 36.0 Å². The van der Waals surface area contributed by atoms with Crippen molar-refractivity contribution < 1.29 is 0 Å². The Morgan fingerprint density at radius 3 is 2.81 bits per heavy atom. The average molecular weight is 464 g/mol. The van der Waals surface area contributed by atoms with Crippen molar-refractivity contribution in [1.29, 1.82) is 0 Å². The number of guanidine groups is 1. The van der Waals surface area contributed by atoms with Gasteiger partial charge >= 0.3 is 0 Å². The molecule has 1 N–H and O–H groups in total. The molecular weight excluding hydrogens is 435 g/mol. The summed E-state index contributed by atoms with van der Waals surface area (Å²) in [4.78, 5) is 11.4. The smallest absolute Gasteiger partial charge is 0.193 e. The third-order valence-electron chi connectivity index (χ3n) is 4.87. The maximum absolute atomic E-state index is 4.87. The summed E-state index contributed by atoms with van der Waals surface area (Å²) in [6, 6.07) is 12.9. The monoisotopic (exact) mass is 464 g/mol. The highest BCUT2D eigenvalue weighted by atomic mass is 127. The molecule has 0 bridgehead atoms. The van der Waals surface area contributed by atoms with Gasteiger partial charge in [-0.1, -0.05) is 30.3 Å². The van der Waals surface area contributed by atoms with Crippen LogP contribution in [0, 0.1) is 6.92 Å². The highest BCUT2D eigenvalue weighted by molar-refractivity contribution is 14.0. The van der Waals surface area contributed by atoms with Crippen LogP contribution in [0.15, 0.2) is 53.8 Å². The summed E-state index contributed by atoms with van der Waals surface area (Å²) in [6.07, 6.45) is 5.94. The predicted molar refractivity (Wildman–Crippen MR) is 119 cm³/mol. The van der Waals surface area contributed by atoms with Gasteiger partial charge in [0.1, 0.15) is 0 Å². The molecule has 0 radical (unpaired) electrons. The topological polar surface area (TPSA) is 40.5 Å². The van der Waals surface area contributed by atoms with Gasteiger partial charge in [0.15, 0.2) is 5.96 Å². The number of hydrogen-bond acceptors (Lipinski definition) is 2. The van der Waals surface area contributed by atoms with Crippen molar-refractivity contribution in [3.63, 3.8) is 0 Å². The van der Waals surface area contributed by atoms with E-state index in [1.54, 1.807) is 0 Å². The highest BCUT2D eigenvalue weighted by Crippen LogP contribution is 2.26. The quantitative estimate of drug-likeness (QED) is 0.413. The zero-order valence-electron chi connectivity index (χ0n) is 15.7. The van der Waals surface area contributed by atoms with Crippen LogP contribution in [0.2, 0.25) is 0 Å². The van der Waals surface area contributed by atoms with Crippen LogP contribution in [0.5, 0.6) is 0 Å². The summed E-state index contributed by atoms with van der Waals surface area (Å²) < 4.78 is 0. The van der Waals surface area contributed by atoms with Crippen LogP contribution in [0.25, 0.3) is 0 Å². The molecule has 26 heavy (non-hydrogen) atoms. The third kappa shape index (κ3) is 5.43. The number of rotatable bonds is 5. The molecule has 140 valence electrons. The second kappa shape index (κ2) is 10.5. The molecule has 1 aliphatic heterocycles. The van der Waals surface area contributed by atoms with Gasteiger partial charge in [-0.15, -0.1) is 24.0 Å². The molecule has 0 amide bonds. The van der Waals surface area contributed by atoms with Gasteiger partial charge < -0.3 is 10.2 Å². The lowest BCUT2D eigenvalue weighted by molar-refractivity contribution is 0.486. The second-order valence-corrected chi connectivity index (χ2v) is 6.63. The van der Waals surface area contributed by atoms with Crippen molar-refractivity contribution in [2.45, 2.75) is 32.6 Å². The minimum atomic E-state index is 0. The molecule has 1 saturated heterocycles. The number of halogens is 1. The number of aromatic nitrogens is 1. The van der Waals surface area contributed by atoms with E-state index in [-0.39, 0.29) is 24.0 Å². The van der Waals surface area contributed by atoms with E-state index in [2.05, 4.69) is 65.4 Å². The fourth-order valence-corrected chi connectivity index (χ4v) is 3.44. The van der Waals surface area contributed by atoms with Crippen molar-refractivity contribution in [2.24, 2.45) is 4.99 Å². The molecule has 4 nitrogen and oxygen atoms in total. The fraction of sp³-hybridized carbons (Fsp3) is 0.429. The Labute approximate surface area is 174 Å². The number of pyridine rings is 1. The largest absolute Gasteiger partial charge is 0.357 e. The summed E-state index contributed by atoms with van der Waals surface area (Å²) in [5.74, 6) is 1.65. The van der Waals surface area contributed by atoms with Crippen LogP contribution in [-0.4, -0.2) is 42.0 Å². The van der Waals surface area contributed by atoms with Crippen molar-refractivity contribution in [3.8, 4) is 0 Å². The minimum absolute atomic E-state index is 0. The molecule has 0 spiro atoms. The highest BCUT2D eigenvalue weighted by Gasteiger charge is 2.25. The van der Waals surface area contributed by atoms with Gasteiger partial charge in [-0.3, -0.25) is 9.98 Å². The Morgan fingerprint density at radius 2 is 2.08 bits per heavy atom. The number of hydrogen-bond donors (Lipinski definition) is 1. The lowest BCUT2D eigenvalue weighted by Crippen LogP contribution is -2.40. The van der Waals surface area contributed by atoms with Crippen molar-refractivity contribution >= 4 is 29.9 Å². The number of nitrogens with zero attached hydrogens (tertiary/aromatic N) is 3. The van der Waals surface area contributed by atoms with Gasteiger partial charge in [0.2, 0.25) is 0 Å². The Morgan fingerprint density at radius 1 is 1.27 bits per heavy atom. The van der Waals surface area contributed by atoms with Crippen LogP contribution in [0.3, 0.4) is 0 Å². The van der Waals surface area contributed by atoms with Gasteiger partial charge in [0.05, 0.1) is 0 Å². The van der Waals surface area contributed by atoms with E-state index in [9.17, 15) is 0 Å². The Balaban J connectivity index is 0.00000243. The molecular formula is C21H29IN4. The van der Waals surface area contributed by atoms with Crippen molar-refractivity contribution in [3.05, 3.63) is 65.5 Å². The van der Waals surface area contributed by atoms with Crippen molar-refractivity contribution in [1.82, 2.24) is 15.2 Å². The van der Waals surface area contributed by atoms with E-state index >= 15 is 0 Å². The maximum atomic E-state index is 4.87. The lowest BCUT2D eigenvalue weighted by atomic mass is 9.99. The molecule has 5 heteroatoms. The van der Waals surface area contributed by atoms with Gasteiger partial charge in [-0.25, -0.2) is 0 Å². The van der Waals surface area contributed by atoms with E-state index in [4.69, 9.17) is 4.99 Å². The van der Waals surface area contributed by atoms with Gasteiger partial charge in [-0.05, 0) is 49.4 Å². The van der Waals surface area contributed by atoms with E-state index in [1.165, 1.54) is 23.1 Å². The minimum Gasteiger partial charge on any atom is -0.357 e. The number of aliphatic imine (C=N–C) groups is 1. The summed E-state index contributed by atoms with van der Waals surface area (Å²) >= 11 is 0. The first-order valence-electron chi connectivity index (χ1n) is 9.25. The fourth-order valence-electron chi connectivity index (χ4n) is 3.44. The zero-order valence-corrected chi connectivity index (χ0v) is 18.0. The maximum Gasteiger partial charge on any atom is 0.193 e. The molecule has 0 aliphatic carbocycles. The molecule has 1 aromatic carbocycles. The normalized spacial score (nSPS) is 17.1. The zero-order chi connectivity index (χ0) is 17.5. The first-order valence-corrected chi connectivity index (χ1v) is 9.25. The summed E-state index contributed by atoms with van der Waals surface area (Å²) in [5.41, 5.74) is 4.01. The van der Waals surface area contributed by atoms with E-state index in [1.807, 2.05) is 12.4 Å². The van der Waals surface area contributed by atoms with Crippen molar-refractivity contribution in [2.75, 3.05) is 26.2 Å². The lowest BCUT2D eigenvalue weighted by Gasteiger charge is -2.22. The second-order valence-electron chi connectivity index (χ2n) is 6.63. The van der Waals surface area contributed by atoms with Crippen LogP contribution in [-0.2, 0) is 6.42 Å². The molecule has 1 aromatic heterocycles. The van der Waals surface area contributed by atoms with Crippen LogP contribution < -0.4 is 5.32 Å². The Bertz CT molecular complexity index is 702. The molecule has 1 unspecified atom stereocenters. The van der Waals surface area contributed by atoms with E-state index < -0.39 is 0 Å². The SMILES string of the molecule is CCNC(=NCCc1ccncc1C)N1CCC(c2ccccc2)C1.I. The first-order chi connectivity index (χ1) is 12.3. The predicted octanol–water partition coefficient (Wildman–Crippen LogP) is 4.01.